The van der Waals surface area contributed by atoms with Gasteiger partial charge in [0.25, 0.3) is 0 Å². The molecule has 0 fully saturated rings. The summed E-state index contributed by atoms with van der Waals surface area (Å²) in [5, 5.41) is 16.0. The average molecular weight is 342 g/mol. The molecule has 0 aliphatic carbocycles. The zero-order valence-corrected chi connectivity index (χ0v) is 13.5. The van der Waals surface area contributed by atoms with E-state index in [4.69, 9.17) is 5.11 Å². The minimum atomic E-state index is -3.25. The summed E-state index contributed by atoms with van der Waals surface area (Å²) in [6.07, 6.45) is 2.88. The molecule has 0 spiro atoms. The summed E-state index contributed by atoms with van der Waals surface area (Å²) in [6.45, 7) is 0. The molecule has 24 heavy (non-hydrogen) atoms. The Morgan fingerprint density at radius 3 is 2.12 bits per heavy atom. The molecule has 0 saturated heterocycles. The van der Waals surface area contributed by atoms with Gasteiger partial charge in [-0.15, -0.1) is 0 Å². The summed E-state index contributed by atoms with van der Waals surface area (Å²) < 4.78 is 23.1. The van der Waals surface area contributed by atoms with Gasteiger partial charge in [-0.25, -0.2) is 13.2 Å². The van der Waals surface area contributed by atoms with Crippen LogP contribution < -0.4 is 0 Å². The van der Waals surface area contributed by atoms with Crippen LogP contribution in [0.15, 0.2) is 59.6 Å². The molecule has 0 aliphatic heterocycles. The molecular formula is C17H14N2O4S. The summed E-state index contributed by atoms with van der Waals surface area (Å²) in [5.41, 5.74) is 3.26. The number of aromatic nitrogens is 2. The number of H-pyrrole nitrogens is 1. The van der Waals surface area contributed by atoms with Gasteiger partial charge in [0.2, 0.25) is 0 Å². The van der Waals surface area contributed by atoms with Crippen molar-refractivity contribution in [2.75, 3.05) is 6.26 Å². The molecule has 122 valence electrons. The third-order valence-electron chi connectivity index (χ3n) is 3.64. The first kappa shape index (κ1) is 15.9. The van der Waals surface area contributed by atoms with E-state index in [1.54, 1.807) is 30.5 Å². The van der Waals surface area contributed by atoms with Crippen LogP contribution in [0.4, 0.5) is 0 Å². The first-order valence-electron chi connectivity index (χ1n) is 7.04. The molecule has 0 radical (unpaired) electrons. The second kappa shape index (κ2) is 5.93. The fraction of sp³-hybridized carbons (Fsp3) is 0.0588. The number of carbonyl (C=O) groups is 1. The Labute approximate surface area is 138 Å². The second-order valence-electron chi connectivity index (χ2n) is 5.33. The minimum Gasteiger partial charge on any atom is -0.478 e. The lowest BCUT2D eigenvalue weighted by Crippen LogP contribution is -1.96. The minimum absolute atomic E-state index is 0.210. The first-order valence-corrected chi connectivity index (χ1v) is 8.93. The normalized spacial score (nSPS) is 11.4. The lowest BCUT2D eigenvalue weighted by atomic mass is 10.0. The quantitative estimate of drug-likeness (QED) is 0.759. The van der Waals surface area contributed by atoms with Crippen LogP contribution in [0, 0.1) is 0 Å². The van der Waals surface area contributed by atoms with Crippen LogP contribution in [0.3, 0.4) is 0 Å². The Hall–Kier alpha value is -2.93. The monoisotopic (exact) mass is 342 g/mol. The fourth-order valence-electron chi connectivity index (χ4n) is 2.38. The van der Waals surface area contributed by atoms with Crippen molar-refractivity contribution in [3.8, 4) is 22.4 Å². The number of carboxylic acids is 1. The summed E-state index contributed by atoms with van der Waals surface area (Å²) in [6, 6.07) is 12.9. The molecule has 2 N–H and O–H groups in total. The molecule has 0 unspecified atom stereocenters. The Balaban J connectivity index is 2.00. The van der Waals surface area contributed by atoms with Gasteiger partial charge in [0, 0.05) is 23.6 Å². The Morgan fingerprint density at radius 2 is 1.58 bits per heavy atom. The predicted octanol–water partition coefficient (Wildman–Crippen LogP) is 2.85. The van der Waals surface area contributed by atoms with Gasteiger partial charge in [-0.2, -0.15) is 5.10 Å². The molecule has 3 aromatic rings. The summed E-state index contributed by atoms with van der Waals surface area (Å²) in [4.78, 5) is 11.2. The molecule has 0 amide bonds. The topological polar surface area (TPSA) is 100 Å². The van der Waals surface area contributed by atoms with Gasteiger partial charge in [-0.3, -0.25) is 5.10 Å². The van der Waals surface area contributed by atoms with Gasteiger partial charge < -0.3 is 5.11 Å². The lowest BCUT2D eigenvalue weighted by molar-refractivity contribution is 0.0697. The first-order chi connectivity index (χ1) is 11.4. The number of hydrogen-bond acceptors (Lipinski definition) is 4. The standard InChI is InChI=1S/C17H14N2O4S/c1-24(22,23)14-8-6-12(7-9-14)16-15(10-18-19-16)11-2-4-13(5-3-11)17(20)21/h2-10H,1H3,(H,18,19)(H,20,21). The van der Waals surface area contributed by atoms with Crippen LogP contribution in [-0.2, 0) is 9.84 Å². The molecule has 7 heteroatoms. The molecule has 3 rings (SSSR count). The highest BCUT2D eigenvalue weighted by Crippen LogP contribution is 2.30. The number of nitrogens with zero attached hydrogens (tertiary/aromatic N) is 1. The Kier molecular flexibility index (Phi) is 3.94. The average Bonchev–Trinajstić information content (AvgIpc) is 3.04. The third kappa shape index (κ3) is 3.07. The second-order valence-corrected chi connectivity index (χ2v) is 7.34. The van der Waals surface area contributed by atoms with E-state index in [1.165, 1.54) is 24.3 Å². The molecule has 0 aliphatic rings. The highest BCUT2D eigenvalue weighted by atomic mass is 32.2. The van der Waals surface area contributed by atoms with Gasteiger partial charge in [-0.05, 0) is 29.8 Å². The van der Waals surface area contributed by atoms with Crippen molar-refractivity contribution in [1.82, 2.24) is 10.2 Å². The zero-order valence-electron chi connectivity index (χ0n) is 12.7. The molecule has 0 saturated carbocycles. The van der Waals surface area contributed by atoms with Crippen LogP contribution in [-0.4, -0.2) is 35.9 Å². The molecule has 2 aromatic carbocycles. The number of sulfone groups is 1. The molecule has 0 bridgehead atoms. The van der Waals surface area contributed by atoms with Crippen molar-refractivity contribution in [3.63, 3.8) is 0 Å². The van der Waals surface area contributed by atoms with Gasteiger partial charge in [0.15, 0.2) is 9.84 Å². The molecule has 1 aromatic heterocycles. The van der Waals surface area contributed by atoms with Gasteiger partial charge >= 0.3 is 5.97 Å². The summed E-state index contributed by atoms with van der Waals surface area (Å²) >= 11 is 0. The van der Waals surface area contributed by atoms with E-state index in [0.717, 1.165) is 22.9 Å². The maximum absolute atomic E-state index is 11.5. The Morgan fingerprint density at radius 1 is 1.00 bits per heavy atom. The molecule has 0 atom stereocenters. The number of rotatable bonds is 4. The van der Waals surface area contributed by atoms with Crippen LogP contribution >= 0.6 is 0 Å². The number of hydrogen-bond donors (Lipinski definition) is 2. The highest BCUT2D eigenvalue weighted by molar-refractivity contribution is 7.90. The van der Waals surface area contributed by atoms with Crippen LogP contribution in [0.5, 0.6) is 0 Å². The maximum Gasteiger partial charge on any atom is 0.335 e. The molecular weight excluding hydrogens is 328 g/mol. The van der Waals surface area contributed by atoms with E-state index in [9.17, 15) is 13.2 Å². The fourth-order valence-corrected chi connectivity index (χ4v) is 3.01. The molecule has 1 heterocycles. The zero-order chi connectivity index (χ0) is 17.3. The third-order valence-corrected chi connectivity index (χ3v) is 4.77. The van der Waals surface area contributed by atoms with E-state index in [-0.39, 0.29) is 10.5 Å². The number of carboxylic acid groups (broad SMARTS) is 1. The smallest absolute Gasteiger partial charge is 0.335 e. The number of nitrogens with one attached hydrogen (secondary N) is 1. The predicted molar refractivity (Wildman–Crippen MR) is 89.5 cm³/mol. The largest absolute Gasteiger partial charge is 0.478 e. The van der Waals surface area contributed by atoms with E-state index < -0.39 is 15.8 Å². The lowest BCUT2D eigenvalue weighted by Gasteiger charge is -2.05. The summed E-state index contributed by atoms with van der Waals surface area (Å²) in [7, 11) is -3.25. The van der Waals surface area contributed by atoms with Gasteiger partial charge in [-0.1, -0.05) is 24.3 Å². The van der Waals surface area contributed by atoms with Crippen molar-refractivity contribution in [2.45, 2.75) is 4.90 Å². The van der Waals surface area contributed by atoms with Crippen molar-refractivity contribution in [3.05, 3.63) is 60.3 Å². The van der Waals surface area contributed by atoms with Crippen molar-refractivity contribution in [2.24, 2.45) is 0 Å². The van der Waals surface area contributed by atoms with Crippen molar-refractivity contribution in [1.29, 1.82) is 0 Å². The number of aromatic amines is 1. The van der Waals surface area contributed by atoms with Crippen molar-refractivity contribution < 1.29 is 18.3 Å². The van der Waals surface area contributed by atoms with Crippen LogP contribution in [0.1, 0.15) is 10.4 Å². The number of aromatic carboxylic acids is 1. The Bertz CT molecular complexity index is 988. The van der Waals surface area contributed by atoms with E-state index in [0.29, 0.717) is 5.69 Å². The van der Waals surface area contributed by atoms with Crippen molar-refractivity contribution >= 4 is 15.8 Å². The summed E-state index contributed by atoms with van der Waals surface area (Å²) in [5.74, 6) is -0.981. The van der Waals surface area contributed by atoms with Gasteiger partial charge in [0.1, 0.15) is 0 Å². The highest BCUT2D eigenvalue weighted by Gasteiger charge is 2.13. The SMILES string of the molecule is CS(=O)(=O)c1ccc(-c2n[nH]cc2-c2ccc(C(=O)O)cc2)cc1. The van der Waals surface area contributed by atoms with E-state index in [2.05, 4.69) is 10.2 Å². The number of benzene rings is 2. The van der Waals surface area contributed by atoms with Crippen LogP contribution in [0.2, 0.25) is 0 Å². The maximum atomic E-state index is 11.5. The van der Waals surface area contributed by atoms with Gasteiger partial charge in [0.05, 0.1) is 16.2 Å². The van der Waals surface area contributed by atoms with Crippen LogP contribution in [0.25, 0.3) is 22.4 Å². The van der Waals surface area contributed by atoms with E-state index >= 15 is 0 Å². The van der Waals surface area contributed by atoms with E-state index in [1.807, 2.05) is 0 Å². The molecule has 6 nitrogen and oxygen atoms in total.